The molecule has 8 heteroatoms. The van der Waals surface area contributed by atoms with Gasteiger partial charge >= 0.3 is 6.09 Å². The maximum Gasteiger partial charge on any atom is 0.410 e. The summed E-state index contributed by atoms with van der Waals surface area (Å²) in [6.45, 7) is 5.81. The zero-order valence-corrected chi connectivity index (χ0v) is 17.8. The van der Waals surface area contributed by atoms with Gasteiger partial charge in [0.15, 0.2) is 5.65 Å². The number of carbonyl (C=O) groups excluding carboxylic acids is 2. The zero-order valence-electron chi connectivity index (χ0n) is 17.8. The predicted octanol–water partition coefficient (Wildman–Crippen LogP) is 3.11. The number of aryl methyl sites for hydroxylation is 2. The molecule has 4 heterocycles. The third-order valence-electron chi connectivity index (χ3n) is 7.03. The summed E-state index contributed by atoms with van der Waals surface area (Å²) in [6, 6.07) is 2.05. The van der Waals surface area contributed by atoms with Gasteiger partial charge in [-0.05, 0) is 52.4 Å². The summed E-state index contributed by atoms with van der Waals surface area (Å²) in [5, 5.41) is 4.44. The molecule has 2 saturated heterocycles. The molecule has 3 fully saturated rings. The maximum atomic E-state index is 13.1. The van der Waals surface area contributed by atoms with Crippen molar-refractivity contribution in [3.63, 3.8) is 0 Å². The second-order valence-electron chi connectivity index (χ2n) is 9.08. The minimum absolute atomic E-state index is 0.0127. The lowest BCUT2D eigenvalue weighted by atomic mass is 9.84. The molecule has 0 atom stereocenters. The van der Waals surface area contributed by atoms with Crippen LogP contribution in [0.5, 0.6) is 0 Å². The number of nitrogens with zero attached hydrogens (tertiary/aromatic N) is 5. The lowest BCUT2D eigenvalue weighted by Gasteiger charge is -2.36. The third kappa shape index (κ3) is 3.22. The van der Waals surface area contributed by atoms with Crippen molar-refractivity contribution in [2.45, 2.75) is 70.4 Å². The minimum atomic E-state index is -0.262. The SMILES string of the molecule is Cc1cc2ncc(C(=O)N3CCC(N4CC5(CCCCC5)OC4=O)CC3)c(C)n2n1. The highest BCUT2D eigenvalue weighted by molar-refractivity contribution is 5.95. The highest BCUT2D eigenvalue weighted by Gasteiger charge is 2.48. The average Bonchev–Trinajstić information content (AvgIpc) is 3.28. The van der Waals surface area contributed by atoms with E-state index in [1.54, 1.807) is 10.7 Å². The van der Waals surface area contributed by atoms with Crippen molar-refractivity contribution in [2.75, 3.05) is 19.6 Å². The first kappa shape index (κ1) is 19.3. The molecule has 8 nitrogen and oxygen atoms in total. The van der Waals surface area contributed by atoms with E-state index in [-0.39, 0.29) is 23.6 Å². The quantitative estimate of drug-likeness (QED) is 0.759. The number of hydrogen-bond donors (Lipinski definition) is 0. The van der Waals surface area contributed by atoms with Crippen LogP contribution in [0.3, 0.4) is 0 Å². The van der Waals surface area contributed by atoms with Crippen molar-refractivity contribution < 1.29 is 14.3 Å². The molecule has 0 radical (unpaired) electrons. The Morgan fingerprint density at radius 1 is 1.17 bits per heavy atom. The van der Waals surface area contributed by atoms with E-state index in [9.17, 15) is 9.59 Å². The van der Waals surface area contributed by atoms with Gasteiger partial charge in [-0.25, -0.2) is 14.3 Å². The molecule has 2 aromatic rings. The van der Waals surface area contributed by atoms with E-state index in [0.29, 0.717) is 25.2 Å². The Morgan fingerprint density at radius 2 is 1.90 bits per heavy atom. The van der Waals surface area contributed by atoms with E-state index in [1.165, 1.54) is 6.42 Å². The van der Waals surface area contributed by atoms with Gasteiger partial charge in [-0.15, -0.1) is 0 Å². The Labute approximate surface area is 176 Å². The smallest absolute Gasteiger partial charge is 0.410 e. The van der Waals surface area contributed by atoms with Crippen LogP contribution < -0.4 is 0 Å². The van der Waals surface area contributed by atoms with Gasteiger partial charge in [0, 0.05) is 31.4 Å². The van der Waals surface area contributed by atoms with Crippen LogP contribution in [0, 0.1) is 13.8 Å². The second-order valence-corrected chi connectivity index (χ2v) is 9.08. The molecule has 5 rings (SSSR count). The zero-order chi connectivity index (χ0) is 20.9. The number of aromatic nitrogens is 3. The molecule has 0 N–H and O–H groups in total. The van der Waals surface area contributed by atoms with Gasteiger partial charge in [-0.2, -0.15) is 5.10 Å². The Kier molecular flexibility index (Phi) is 4.67. The van der Waals surface area contributed by atoms with Gasteiger partial charge in [-0.3, -0.25) is 4.79 Å². The lowest BCUT2D eigenvalue weighted by Crippen LogP contribution is -2.48. The summed E-state index contributed by atoms with van der Waals surface area (Å²) in [5.74, 6) is -0.0127. The molecule has 2 aliphatic heterocycles. The molecule has 30 heavy (non-hydrogen) atoms. The summed E-state index contributed by atoms with van der Waals surface area (Å²) in [4.78, 5) is 33.9. The van der Waals surface area contributed by atoms with Crippen molar-refractivity contribution >= 4 is 17.6 Å². The molecule has 2 aromatic heterocycles. The fraction of sp³-hybridized carbons (Fsp3) is 0.636. The topological polar surface area (TPSA) is 80.0 Å². The monoisotopic (exact) mass is 411 g/mol. The van der Waals surface area contributed by atoms with Gasteiger partial charge in [0.25, 0.3) is 5.91 Å². The van der Waals surface area contributed by atoms with E-state index in [0.717, 1.165) is 55.6 Å². The predicted molar refractivity (Wildman–Crippen MR) is 110 cm³/mol. The minimum Gasteiger partial charge on any atom is -0.441 e. The molecular formula is C22H29N5O3. The van der Waals surface area contributed by atoms with E-state index < -0.39 is 0 Å². The first-order valence-electron chi connectivity index (χ1n) is 11.1. The Bertz CT molecular complexity index is 986. The van der Waals surface area contributed by atoms with E-state index in [2.05, 4.69) is 10.1 Å². The van der Waals surface area contributed by atoms with Crippen LogP contribution in [0.25, 0.3) is 5.65 Å². The molecule has 0 bridgehead atoms. The standard InChI is InChI=1S/C22H29N5O3/c1-15-12-19-23-13-18(16(2)27(19)24-15)20(28)25-10-6-17(7-11-25)26-14-22(30-21(26)29)8-4-3-5-9-22/h12-13,17H,3-11,14H2,1-2H3. The molecule has 0 unspecified atom stereocenters. The highest BCUT2D eigenvalue weighted by atomic mass is 16.6. The Balaban J connectivity index is 1.25. The van der Waals surface area contributed by atoms with Crippen LogP contribution in [0.1, 0.15) is 66.7 Å². The van der Waals surface area contributed by atoms with E-state index >= 15 is 0 Å². The van der Waals surface area contributed by atoms with Crippen LogP contribution in [0.15, 0.2) is 12.3 Å². The van der Waals surface area contributed by atoms with Crippen LogP contribution in [0.4, 0.5) is 4.79 Å². The fourth-order valence-electron chi connectivity index (χ4n) is 5.31. The normalized spacial score (nSPS) is 22.1. The van der Waals surface area contributed by atoms with Gasteiger partial charge in [-0.1, -0.05) is 6.42 Å². The fourth-order valence-corrected chi connectivity index (χ4v) is 5.31. The summed E-state index contributed by atoms with van der Waals surface area (Å²) in [6.07, 6.45) is 8.54. The second kappa shape index (κ2) is 7.25. The average molecular weight is 412 g/mol. The summed E-state index contributed by atoms with van der Waals surface area (Å²) in [7, 11) is 0. The van der Waals surface area contributed by atoms with Gasteiger partial charge in [0.05, 0.1) is 23.5 Å². The molecule has 1 saturated carbocycles. The molecule has 0 aromatic carbocycles. The van der Waals surface area contributed by atoms with E-state index in [1.807, 2.05) is 29.7 Å². The largest absolute Gasteiger partial charge is 0.441 e. The number of hydrogen-bond acceptors (Lipinski definition) is 5. The number of carbonyl (C=O) groups is 2. The van der Waals surface area contributed by atoms with Crippen LogP contribution in [-0.2, 0) is 4.74 Å². The first-order valence-corrected chi connectivity index (χ1v) is 11.1. The number of ether oxygens (including phenoxy) is 1. The van der Waals surface area contributed by atoms with Crippen molar-refractivity contribution in [1.29, 1.82) is 0 Å². The molecule has 3 aliphatic rings. The molecule has 160 valence electrons. The van der Waals surface area contributed by atoms with Crippen LogP contribution in [-0.4, -0.2) is 67.7 Å². The van der Waals surface area contributed by atoms with Crippen molar-refractivity contribution in [1.82, 2.24) is 24.4 Å². The number of amides is 2. The molecule has 1 aliphatic carbocycles. The lowest BCUT2D eigenvalue weighted by molar-refractivity contribution is 0.0259. The first-order chi connectivity index (χ1) is 14.5. The number of fused-ring (bicyclic) bond motifs is 1. The number of likely N-dealkylation sites (tertiary alicyclic amines) is 1. The Hall–Kier alpha value is -2.64. The summed E-state index contributed by atoms with van der Waals surface area (Å²) >= 11 is 0. The number of rotatable bonds is 2. The van der Waals surface area contributed by atoms with Crippen LogP contribution in [0.2, 0.25) is 0 Å². The van der Waals surface area contributed by atoms with Crippen molar-refractivity contribution in [3.8, 4) is 0 Å². The van der Waals surface area contributed by atoms with Crippen LogP contribution >= 0.6 is 0 Å². The Morgan fingerprint density at radius 3 is 2.63 bits per heavy atom. The summed E-state index contributed by atoms with van der Waals surface area (Å²) in [5.41, 5.74) is 2.77. The van der Waals surface area contributed by atoms with Gasteiger partial charge in [0.1, 0.15) is 5.60 Å². The van der Waals surface area contributed by atoms with Gasteiger partial charge < -0.3 is 14.5 Å². The van der Waals surface area contributed by atoms with Crippen molar-refractivity contribution in [2.24, 2.45) is 0 Å². The van der Waals surface area contributed by atoms with Gasteiger partial charge in [0.2, 0.25) is 0 Å². The third-order valence-corrected chi connectivity index (χ3v) is 7.03. The summed E-state index contributed by atoms with van der Waals surface area (Å²) < 4.78 is 7.58. The molecule has 2 amide bonds. The maximum absolute atomic E-state index is 13.1. The highest BCUT2D eigenvalue weighted by Crippen LogP contribution is 2.38. The molecule has 1 spiro atoms. The molecular weight excluding hydrogens is 382 g/mol. The van der Waals surface area contributed by atoms with E-state index in [4.69, 9.17) is 4.74 Å². The number of piperidine rings is 1. The van der Waals surface area contributed by atoms with Crippen molar-refractivity contribution in [3.05, 3.63) is 29.2 Å².